The molecule has 0 amide bonds. The highest BCUT2D eigenvalue weighted by molar-refractivity contribution is 9.10. The van der Waals surface area contributed by atoms with Crippen LogP contribution < -0.4 is 5.32 Å². The molecule has 98 valence electrons. The number of anilines is 1. The topological polar surface area (TPSA) is 62.2 Å². The lowest BCUT2D eigenvalue weighted by Gasteiger charge is -2.07. The van der Waals surface area contributed by atoms with Gasteiger partial charge in [0, 0.05) is 17.2 Å². The van der Waals surface area contributed by atoms with E-state index in [1.165, 1.54) is 12.3 Å². The third-order valence-electron chi connectivity index (χ3n) is 2.47. The number of aromatic carboxylic acids is 1. The summed E-state index contributed by atoms with van der Waals surface area (Å²) in [4.78, 5) is 15.0. The third-order valence-corrected chi connectivity index (χ3v) is 3.30. The molecule has 0 fully saturated rings. The maximum Gasteiger partial charge on any atom is 0.337 e. The summed E-state index contributed by atoms with van der Waals surface area (Å²) in [6.45, 7) is 0.557. The van der Waals surface area contributed by atoms with Crippen LogP contribution in [0.4, 0.5) is 5.82 Å². The smallest absolute Gasteiger partial charge is 0.337 e. The van der Waals surface area contributed by atoms with Crippen LogP contribution in [-0.4, -0.2) is 16.1 Å². The van der Waals surface area contributed by atoms with Crippen LogP contribution in [0.25, 0.3) is 0 Å². The Hall–Kier alpha value is -1.59. The number of benzene rings is 1. The SMILES string of the molecule is O=C(O)c1cc(NCc2ccc(Br)cc2)ncc1Cl. The first kappa shape index (κ1) is 13.8. The van der Waals surface area contributed by atoms with Gasteiger partial charge in [0.1, 0.15) is 5.82 Å². The van der Waals surface area contributed by atoms with Crippen LogP contribution in [0, 0.1) is 0 Å². The van der Waals surface area contributed by atoms with Gasteiger partial charge in [0.05, 0.1) is 10.6 Å². The Labute approximate surface area is 123 Å². The summed E-state index contributed by atoms with van der Waals surface area (Å²) in [5, 5.41) is 12.1. The van der Waals surface area contributed by atoms with Crippen molar-refractivity contribution in [3.63, 3.8) is 0 Å². The van der Waals surface area contributed by atoms with Crippen LogP contribution in [0.5, 0.6) is 0 Å². The van der Waals surface area contributed by atoms with Gasteiger partial charge in [-0.05, 0) is 23.8 Å². The van der Waals surface area contributed by atoms with E-state index in [4.69, 9.17) is 16.7 Å². The molecule has 1 heterocycles. The number of carbonyl (C=O) groups is 1. The second-order valence-electron chi connectivity index (χ2n) is 3.83. The summed E-state index contributed by atoms with van der Waals surface area (Å²) in [6, 6.07) is 9.23. The molecular formula is C13H10BrClN2O2. The van der Waals surface area contributed by atoms with Crippen LogP contribution in [0.3, 0.4) is 0 Å². The largest absolute Gasteiger partial charge is 0.478 e. The van der Waals surface area contributed by atoms with Crippen molar-refractivity contribution in [2.45, 2.75) is 6.54 Å². The number of carboxylic acid groups (broad SMARTS) is 1. The Kier molecular flexibility index (Phi) is 4.39. The molecule has 19 heavy (non-hydrogen) atoms. The Morgan fingerprint density at radius 1 is 1.37 bits per heavy atom. The molecule has 0 bridgehead atoms. The molecule has 2 rings (SSSR count). The predicted octanol–water partition coefficient (Wildman–Crippen LogP) is 3.81. The molecule has 0 saturated carbocycles. The molecule has 0 atom stereocenters. The Morgan fingerprint density at radius 3 is 2.68 bits per heavy atom. The second-order valence-corrected chi connectivity index (χ2v) is 5.16. The van der Waals surface area contributed by atoms with E-state index in [2.05, 4.69) is 26.2 Å². The number of aromatic nitrogens is 1. The highest BCUT2D eigenvalue weighted by atomic mass is 79.9. The molecule has 0 aliphatic rings. The summed E-state index contributed by atoms with van der Waals surface area (Å²) in [6.07, 6.45) is 1.33. The van der Waals surface area contributed by atoms with E-state index < -0.39 is 5.97 Å². The number of rotatable bonds is 4. The van der Waals surface area contributed by atoms with Gasteiger partial charge < -0.3 is 10.4 Å². The zero-order chi connectivity index (χ0) is 13.8. The molecule has 1 aromatic heterocycles. The van der Waals surface area contributed by atoms with E-state index in [1.54, 1.807) is 0 Å². The molecule has 0 unspecified atom stereocenters. The fourth-order valence-electron chi connectivity index (χ4n) is 1.49. The summed E-state index contributed by atoms with van der Waals surface area (Å²) in [5.74, 6) is -0.594. The second kappa shape index (κ2) is 6.04. The summed E-state index contributed by atoms with van der Waals surface area (Å²) < 4.78 is 1.01. The van der Waals surface area contributed by atoms with Gasteiger partial charge in [-0.1, -0.05) is 39.7 Å². The molecule has 1 aromatic carbocycles. The van der Waals surface area contributed by atoms with Crippen molar-refractivity contribution in [2.24, 2.45) is 0 Å². The number of hydrogen-bond acceptors (Lipinski definition) is 3. The minimum atomic E-state index is -1.07. The first-order chi connectivity index (χ1) is 9.06. The van der Waals surface area contributed by atoms with E-state index in [0.717, 1.165) is 10.0 Å². The first-order valence-corrected chi connectivity index (χ1v) is 6.60. The summed E-state index contributed by atoms with van der Waals surface area (Å²) >= 11 is 9.11. The van der Waals surface area contributed by atoms with Gasteiger partial charge in [0.2, 0.25) is 0 Å². The number of halogens is 2. The molecule has 0 radical (unpaired) electrons. The molecule has 0 spiro atoms. The van der Waals surface area contributed by atoms with Gasteiger partial charge >= 0.3 is 5.97 Å². The van der Waals surface area contributed by atoms with Gasteiger partial charge in [-0.25, -0.2) is 9.78 Å². The van der Waals surface area contributed by atoms with Gasteiger partial charge in [0.25, 0.3) is 0 Å². The van der Waals surface area contributed by atoms with Gasteiger partial charge in [-0.2, -0.15) is 0 Å². The lowest BCUT2D eigenvalue weighted by Crippen LogP contribution is -2.04. The Balaban J connectivity index is 2.09. The number of carboxylic acids is 1. The lowest BCUT2D eigenvalue weighted by atomic mass is 10.2. The van der Waals surface area contributed by atoms with Gasteiger partial charge in [-0.3, -0.25) is 0 Å². The zero-order valence-corrected chi connectivity index (χ0v) is 12.1. The number of pyridine rings is 1. The fourth-order valence-corrected chi connectivity index (χ4v) is 1.94. The predicted molar refractivity (Wildman–Crippen MR) is 77.7 cm³/mol. The molecule has 2 N–H and O–H groups in total. The fraction of sp³-hybridized carbons (Fsp3) is 0.0769. The highest BCUT2D eigenvalue weighted by Crippen LogP contribution is 2.18. The number of nitrogens with one attached hydrogen (secondary N) is 1. The van der Waals surface area contributed by atoms with Crippen molar-refractivity contribution in [3.8, 4) is 0 Å². The van der Waals surface area contributed by atoms with E-state index >= 15 is 0 Å². The molecule has 0 aliphatic heterocycles. The lowest BCUT2D eigenvalue weighted by molar-refractivity contribution is 0.0697. The summed E-state index contributed by atoms with van der Waals surface area (Å²) in [5.41, 5.74) is 1.10. The van der Waals surface area contributed by atoms with Crippen molar-refractivity contribution in [1.29, 1.82) is 0 Å². The standard InChI is InChI=1S/C13H10BrClN2O2/c14-9-3-1-8(2-4-9)6-16-12-5-10(13(18)19)11(15)7-17-12/h1-5,7H,6H2,(H,16,17)(H,18,19). The van der Waals surface area contributed by atoms with Crippen molar-refractivity contribution >= 4 is 39.3 Å². The minimum Gasteiger partial charge on any atom is -0.478 e. The van der Waals surface area contributed by atoms with Crippen molar-refractivity contribution in [1.82, 2.24) is 4.98 Å². The summed E-state index contributed by atoms with van der Waals surface area (Å²) in [7, 11) is 0. The normalized spacial score (nSPS) is 10.2. The molecule has 2 aromatic rings. The average Bonchev–Trinajstić information content (AvgIpc) is 2.39. The van der Waals surface area contributed by atoms with E-state index in [9.17, 15) is 4.79 Å². The van der Waals surface area contributed by atoms with Crippen LogP contribution in [0.1, 0.15) is 15.9 Å². The van der Waals surface area contributed by atoms with Crippen LogP contribution >= 0.6 is 27.5 Å². The monoisotopic (exact) mass is 340 g/mol. The number of hydrogen-bond donors (Lipinski definition) is 2. The van der Waals surface area contributed by atoms with Crippen molar-refractivity contribution in [3.05, 3.63) is 57.2 Å². The van der Waals surface area contributed by atoms with Crippen molar-refractivity contribution < 1.29 is 9.90 Å². The first-order valence-electron chi connectivity index (χ1n) is 5.43. The maximum atomic E-state index is 10.9. The van der Waals surface area contributed by atoms with Crippen LogP contribution in [0.2, 0.25) is 5.02 Å². The Bertz CT molecular complexity index is 602. The molecule has 6 heteroatoms. The quantitative estimate of drug-likeness (QED) is 0.888. The van der Waals surface area contributed by atoms with Gasteiger partial charge in [-0.15, -0.1) is 0 Å². The molecule has 0 saturated heterocycles. The van der Waals surface area contributed by atoms with E-state index in [-0.39, 0.29) is 10.6 Å². The van der Waals surface area contributed by atoms with E-state index in [1.807, 2.05) is 24.3 Å². The highest BCUT2D eigenvalue weighted by Gasteiger charge is 2.10. The number of nitrogens with zero attached hydrogens (tertiary/aromatic N) is 1. The van der Waals surface area contributed by atoms with Crippen LogP contribution in [0.15, 0.2) is 41.0 Å². The average molecular weight is 342 g/mol. The van der Waals surface area contributed by atoms with Gasteiger partial charge in [0.15, 0.2) is 0 Å². The minimum absolute atomic E-state index is 0.0370. The zero-order valence-electron chi connectivity index (χ0n) is 9.73. The molecule has 0 aliphatic carbocycles. The molecule has 4 nitrogen and oxygen atoms in total. The maximum absolute atomic E-state index is 10.9. The van der Waals surface area contributed by atoms with E-state index in [0.29, 0.717) is 12.4 Å². The third kappa shape index (κ3) is 3.68. The molecular weight excluding hydrogens is 332 g/mol. The van der Waals surface area contributed by atoms with Crippen LogP contribution in [-0.2, 0) is 6.54 Å². The van der Waals surface area contributed by atoms with Crippen molar-refractivity contribution in [2.75, 3.05) is 5.32 Å². The Morgan fingerprint density at radius 2 is 2.05 bits per heavy atom.